The van der Waals surface area contributed by atoms with Gasteiger partial charge in [0.05, 0.1) is 41.1 Å². The predicted octanol–water partition coefficient (Wildman–Crippen LogP) is 4.42. The van der Waals surface area contributed by atoms with E-state index in [1.807, 2.05) is 49.7 Å². The van der Waals surface area contributed by atoms with Gasteiger partial charge in [0, 0.05) is 23.1 Å². The number of nitrogens with one attached hydrogen (secondary N) is 1. The highest BCUT2D eigenvalue weighted by Crippen LogP contribution is 2.25. The number of halogens is 1. The van der Waals surface area contributed by atoms with Gasteiger partial charge in [0.2, 0.25) is 5.91 Å². The molecule has 1 atom stereocenters. The van der Waals surface area contributed by atoms with Crippen LogP contribution in [0.15, 0.2) is 47.2 Å². The van der Waals surface area contributed by atoms with Crippen LogP contribution in [-0.4, -0.2) is 42.9 Å². The van der Waals surface area contributed by atoms with Crippen molar-refractivity contribution in [2.24, 2.45) is 5.92 Å². The van der Waals surface area contributed by atoms with Crippen LogP contribution in [0, 0.1) is 19.8 Å². The van der Waals surface area contributed by atoms with Gasteiger partial charge < -0.3 is 10.1 Å². The Morgan fingerprint density at radius 2 is 2.03 bits per heavy atom. The number of benzene rings is 1. The molecule has 4 rings (SSSR count). The number of aryl methyl sites for hydroxylation is 1. The van der Waals surface area contributed by atoms with Gasteiger partial charge in [-0.15, -0.1) is 0 Å². The summed E-state index contributed by atoms with van der Waals surface area (Å²) >= 11 is 3.52. The standard InChI is InChI=1S/C24H25BrN6O3/c1-5-34-24(33)19-12-27-31-20(9-10-26-22(19)31)17-7-6-8-18(11-17)28-23(32)14(2)13-30-16(4)21(25)15(3)29-30/h6-12,14H,5,13H2,1-4H3,(H,28,32). The van der Waals surface area contributed by atoms with Gasteiger partial charge in [-0.3, -0.25) is 9.48 Å². The highest BCUT2D eigenvalue weighted by molar-refractivity contribution is 9.10. The van der Waals surface area contributed by atoms with E-state index in [4.69, 9.17) is 4.74 Å². The lowest BCUT2D eigenvalue weighted by Crippen LogP contribution is -2.25. The van der Waals surface area contributed by atoms with Gasteiger partial charge in [-0.25, -0.2) is 14.3 Å². The van der Waals surface area contributed by atoms with Crippen LogP contribution in [0.5, 0.6) is 0 Å². The minimum Gasteiger partial charge on any atom is -0.462 e. The number of aromatic nitrogens is 5. The number of carbonyl (C=O) groups excluding carboxylic acids is 2. The van der Waals surface area contributed by atoms with Gasteiger partial charge in [-0.1, -0.05) is 19.1 Å². The first-order valence-electron chi connectivity index (χ1n) is 10.9. The normalized spacial score (nSPS) is 12.0. The van der Waals surface area contributed by atoms with Gasteiger partial charge >= 0.3 is 5.97 Å². The van der Waals surface area contributed by atoms with E-state index in [0.29, 0.717) is 23.4 Å². The van der Waals surface area contributed by atoms with Crippen LogP contribution >= 0.6 is 15.9 Å². The number of fused-ring (bicyclic) bond motifs is 1. The Morgan fingerprint density at radius 1 is 1.24 bits per heavy atom. The first kappa shape index (κ1) is 23.6. The summed E-state index contributed by atoms with van der Waals surface area (Å²) in [6, 6.07) is 9.27. The fraction of sp³-hybridized carbons (Fsp3) is 0.292. The molecule has 1 aromatic carbocycles. The molecule has 1 unspecified atom stereocenters. The van der Waals surface area contributed by atoms with E-state index in [0.717, 1.165) is 27.1 Å². The Bertz CT molecular complexity index is 1380. The Kier molecular flexibility index (Phi) is 6.78. The van der Waals surface area contributed by atoms with E-state index in [2.05, 4.69) is 36.4 Å². The third kappa shape index (κ3) is 4.58. The van der Waals surface area contributed by atoms with Crippen molar-refractivity contribution >= 4 is 39.1 Å². The fourth-order valence-corrected chi connectivity index (χ4v) is 3.96. The summed E-state index contributed by atoms with van der Waals surface area (Å²) in [5, 5.41) is 11.8. The Morgan fingerprint density at radius 3 is 2.74 bits per heavy atom. The van der Waals surface area contributed by atoms with E-state index in [1.165, 1.54) is 6.20 Å². The predicted molar refractivity (Wildman–Crippen MR) is 132 cm³/mol. The third-order valence-corrected chi connectivity index (χ3v) is 6.66. The van der Waals surface area contributed by atoms with Crippen LogP contribution in [-0.2, 0) is 16.1 Å². The zero-order valence-corrected chi connectivity index (χ0v) is 21.0. The van der Waals surface area contributed by atoms with E-state index in [9.17, 15) is 9.59 Å². The highest BCUT2D eigenvalue weighted by atomic mass is 79.9. The monoisotopic (exact) mass is 524 g/mol. The Balaban J connectivity index is 1.55. The second kappa shape index (κ2) is 9.76. The van der Waals surface area contributed by atoms with Gasteiger partial charge in [-0.05, 0) is 54.9 Å². The quantitative estimate of drug-likeness (QED) is 0.359. The molecule has 9 nitrogen and oxygen atoms in total. The number of amides is 1. The van der Waals surface area contributed by atoms with Crippen molar-refractivity contribution in [3.05, 3.63) is 64.1 Å². The highest BCUT2D eigenvalue weighted by Gasteiger charge is 2.19. The molecule has 1 amide bonds. The molecule has 0 aliphatic carbocycles. The second-order valence-corrected chi connectivity index (χ2v) is 8.78. The Hall–Kier alpha value is -3.53. The van der Waals surface area contributed by atoms with Crippen LogP contribution < -0.4 is 5.32 Å². The van der Waals surface area contributed by atoms with Crippen LogP contribution in [0.25, 0.3) is 16.9 Å². The summed E-state index contributed by atoms with van der Waals surface area (Å²) in [6.07, 6.45) is 3.07. The molecule has 3 heterocycles. The van der Waals surface area contributed by atoms with Crippen molar-refractivity contribution < 1.29 is 14.3 Å². The van der Waals surface area contributed by atoms with Crippen LogP contribution in [0.3, 0.4) is 0 Å². The molecule has 1 N–H and O–H groups in total. The molecule has 0 spiro atoms. The Labute approximate surface area is 205 Å². The molecule has 3 aromatic heterocycles. The van der Waals surface area contributed by atoms with Crippen LogP contribution in [0.4, 0.5) is 5.69 Å². The molecule has 0 bridgehead atoms. The molecular weight excluding hydrogens is 500 g/mol. The average molecular weight is 525 g/mol. The zero-order chi connectivity index (χ0) is 24.4. The maximum atomic E-state index is 12.9. The number of hydrogen-bond acceptors (Lipinski definition) is 6. The van der Waals surface area contributed by atoms with Crippen LogP contribution in [0.2, 0.25) is 0 Å². The summed E-state index contributed by atoms with van der Waals surface area (Å²) in [5.41, 5.74) is 4.81. The summed E-state index contributed by atoms with van der Waals surface area (Å²) in [7, 11) is 0. The molecule has 176 valence electrons. The number of rotatable bonds is 7. The lowest BCUT2D eigenvalue weighted by atomic mass is 10.1. The van der Waals surface area contributed by atoms with Crippen molar-refractivity contribution in [3.8, 4) is 11.3 Å². The van der Waals surface area contributed by atoms with E-state index in [1.54, 1.807) is 23.7 Å². The van der Waals surface area contributed by atoms with Crippen LogP contribution in [0.1, 0.15) is 35.6 Å². The topological polar surface area (TPSA) is 103 Å². The number of hydrogen-bond donors (Lipinski definition) is 1. The smallest absolute Gasteiger partial charge is 0.343 e. The SMILES string of the molecule is CCOC(=O)c1cnn2c(-c3cccc(NC(=O)C(C)Cn4nc(C)c(Br)c4C)c3)ccnc12. The van der Waals surface area contributed by atoms with Crippen molar-refractivity contribution in [3.63, 3.8) is 0 Å². The zero-order valence-electron chi connectivity index (χ0n) is 19.4. The molecule has 4 aromatic rings. The molecule has 0 fully saturated rings. The molecule has 0 radical (unpaired) electrons. The number of anilines is 1. The summed E-state index contributed by atoms with van der Waals surface area (Å²) in [6.45, 7) is 8.26. The van der Waals surface area contributed by atoms with Gasteiger partial charge in [0.25, 0.3) is 0 Å². The molecule has 0 aliphatic rings. The molecule has 0 aliphatic heterocycles. The maximum Gasteiger partial charge on any atom is 0.343 e. The third-order valence-electron chi connectivity index (χ3n) is 5.51. The first-order valence-corrected chi connectivity index (χ1v) is 11.7. The minimum atomic E-state index is -0.466. The average Bonchev–Trinajstić information content (AvgIpc) is 3.36. The minimum absolute atomic E-state index is 0.107. The van der Waals surface area contributed by atoms with Gasteiger partial charge in [0.15, 0.2) is 5.65 Å². The van der Waals surface area contributed by atoms with Crippen molar-refractivity contribution in [2.75, 3.05) is 11.9 Å². The molecular formula is C24H25BrN6O3. The van der Waals surface area contributed by atoms with Gasteiger partial charge in [-0.2, -0.15) is 10.2 Å². The van der Waals surface area contributed by atoms with E-state index in [-0.39, 0.29) is 18.4 Å². The summed E-state index contributed by atoms with van der Waals surface area (Å²) in [4.78, 5) is 29.4. The number of ether oxygens (including phenoxy) is 1. The molecule has 10 heteroatoms. The molecule has 0 saturated heterocycles. The lowest BCUT2D eigenvalue weighted by molar-refractivity contribution is -0.119. The second-order valence-electron chi connectivity index (χ2n) is 7.98. The van der Waals surface area contributed by atoms with Crippen molar-refractivity contribution in [1.29, 1.82) is 0 Å². The number of carbonyl (C=O) groups is 2. The number of esters is 1. The fourth-order valence-electron chi connectivity index (χ4n) is 3.68. The molecule has 34 heavy (non-hydrogen) atoms. The van der Waals surface area contributed by atoms with Crippen molar-refractivity contribution in [2.45, 2.75) is 34.2 Å². The maximum absolute atomic E-state index is 12.9. The summed E-state index contributed by atoms with van der Waals surface area (Å²) < 4.78 is 9.49. The van der Waals surface area contributed by atoms with E-state index < -0.39 is 5.97 Å². The number of nitrogens with zero attached hydrogens (tertiary/aromatic N) is 5. The largest absolute Gasteiger partial charge is 0.462 e. The summed E-state index contributed by atoms with van der Waals surface area (Å²) in [5.74, 6) is -0.865. The lowest BCUT2D eigenvalue weighted by Gasteiger charge is -2.14. The van der Waals surface area contributed by atoms with Crippen molar-refractivity contribution in [1.82, 2.24) is 24.4 Å². The first-order chi connectivity index (χ1) is 16.3. The van der Waals surface area contributed by atoms with E-state index >= 15 is 0 Å². The van der Waals surface area contributed by atoms with Gasteiger partial charge in [0.1, 0.15) is 5.56 Å². The molecule has 0 saturated carbocycles.